The summed E-state index contributed by atoms with van der Waals surface area (Å²) in [5.74, 6) is 0.568. The lowest BCUT2D eigenvalue weighted by atomic mass is 9.51. The summed E-state index contributed by atoms with van der Waals surface area (Å²) in [6.07, 6.45) is 7.87. The molecule has 1 spiro atoms. The second-order valence-corrected chi connectivity index (χ2v) is 6.89. The third kappa shape index (κ3) is 2.90. The molecule has 0 bridgehead atoms. The molecule has 21 heavy (non-hydrogen) atoms. The zero-order valence-corrected chi connectivity index (χ0v) is 12.9. The average Bonchev–Trinajstić information content (AvgIpc) is 3.19. The maximum Gasteiger partial charge on any atom is 0.315 e. The first-order valence-electron chi connectivity index (χ1n) is 8.49. The van der Waals surface area contributed by atoms with Crippen molar-refractivity contribution < 1.29 is 14.6 Å². The first kappa shape index (κ1) is 15.1. The smallest absolute Gasteiger partial charge is 0.315 e. The molecule has 3 saturated carbocycles. The number of rotatable bonds is 7. The highest BCUT2D eigenvalue weighted by atomic mass is 16.5. The number of hydrogen-bond donors (Lipinski definition) is 3. The van der Waals surface area contributed by atoms with E-state index in [9.17, 15) is 4.79 Å². The number of nitrogens with one attached hydrogen (secondary N) is 2. The average molecular weight is 296 g/mol. The minimum atomic E-state index is -0.0634. The summed E-state index contributed by atoms with van der Waals surface area (Å²) in [6.45, 7) is 2.93. The molecule has 3 fully saturated rings. The molecule has 5 heteroatoms. The van der Waals surface area contributed by atoms with E-state index in [1.54, 1.807) is 0 Å². The molecule has 3 aliphatic rings. The summed E-state index contributed by atoms with van der Waals surface area (Å²) in [6, 6.07) is 0.332. The second kappa shape index (κ2) is 6.13. The number of carbonyl (C=O) groups excluding carboxylic acids is 1. The lowest BCUT2D eigenvalue weighted by Crippen LogP contribution is -2.68. The lowest BCUT2D eigenvalue weighted by molar-refractivity contribution is -0.169. The van der Waals surface area contributed by atoms with Crippen LogP contribution < -0.4 is 10.6 Å². The normalized spacial score (nSPS) is 31.1. The van der Waals surface area contributed by atoms with Gasteiger partial charge in [-0.2, -0.15) is 0 Å². The van der Waals surface area contributed by atoms with Crippen molar-refractivity contribution in [2.75, 3.05) is 13.2 Å². The molecule has 0 heterocycles. The lowest BCUT2D eigenvalue weighted by Gasteiger charge is -2.60. The van der Waals surface area contributed by atoms with E-state index in [1.165, 1.54) is 32.1 Å². The van der Waals surface area contributed by atoms with E-state index in [0.717, 1.165) is 13.0 Å². The second-order valence-electron chi connectivity index (χ2n) is 6.89. The molecular weight excluding hydrogens is 268 g/mol. The first-order chi connectivity index (χ1) is 10.2. The maximum atomic E-state index is 12.2. The van der Waals surface area contributed by atoms with Gasteiger partial charge in [0.05, 0.1) is 6.10 Å². The molecule has 0 aromatic rings. The molecule has 0 aliphatic heterocycles. The van der Waals surface area contributed by atoms with Crippen LogP contribution in [0.3, 0.4) is 0 Å². The van der Waals surface area contributed by atoms with Crippen LogP contribution in [0.4, 0.5) is 4.79 Å². The molecule has 0 aromatic heterocycles. The number of carbonyl (C=O) groups is 1. The van der Waals surface area contributed by atoms with Crippen LogP contribution in [0.5, 0.6) is 0 Å². The Morgan fingerprint density at radius 3 is 2.71 bits per heavy atom. The first-order valence-corrected chi connectivity index (χ1v) is 8.49. The summed E-state index contributed by atoms with van der Waals surface area (Å²) in [5.41, 5.74) is 0.208. The summed E-state index contributed by atoms with van der Waals surface area (Å²) in [7, 11) is 0. The van der Waals surface area contributed by atoms with Gasteiger partial charge in [-0.15, -0.1) is 0 Å². The highest BCUT2D eigenvalue weighted by molar-refractivity contribution is 5.75. The number of hydrogen-bond acceptors (Lipinski definition) is 3. The van der Waals surface area contributed by atoms with E-state index >= 15 is 0 Å². The number of ether oxygens (including phenoxy) is 1. The van der Waals surface area contributed by atoms with Crippen molar-refractivity contribution in [3.05, 3.63) is 0 Å². The Morgan fingerprint density at radius 1 is 1.43 bits per heavy atom. The van der Waals surface area contributed by atoms with E-state index in [-0.39, 0.29) is 30.1 Å². The molecule has 0 saturated heterocycles. The fourth-order valence-corrected chi connectivity index (χ4v) is 4.07. The summed E-state index contributed by atoms with van der Waals surface area (Å²) < 4.78 is 5.81. The third-order valence-corrected chi connectivity index (χ3v) is 5.69. The summed E-state index contributed by atoms with van der Waals surface area (Å²) >= 11 is 0. The van der Waals surface area contributed by atoms with Gasteiger partial charge in [0.2, 0.25) is 0 Å². The Kier molecular flexibility index (Phi) is 4.41. The van der Waals surface area contributed by atoms with E-state index in [0.29, 0.717) is 18.4 Å². The molecule has 0 radical (unpaired) electrons. The van der Waals surface area contributed by atoms with E-state index in [4.69, 9.17) is 9.84 Å². The molecule has 3 aliphatic carbocycles. The van der Waals surface area contributed by atoms with Gasteiger partial charge in [-0.25, -0.2) is 4.79 Å². The summed E-state index contributed by atoms with van der Waals surface area (Å²) in [5, 5.41) is 15.3. The molecule has 2 amide bonds. The zero-order chi connectivity index (χ0) is 14.9. The molecule has 120 valence electrons. The quantitative estimate of drug-likeness (QED) is 0.671. The van der Waals surface area contributed by atoms with Gasteiger partial charge in [-0.05, 0) is 51.4 Å². The molecule has 3 N–H and O–H groups in total. The van der Waals surface area contributed by atoms with E-state index in [1.807, 2.05) is 6.92 Å². The van der Waals surface area contributed by atoms with Crippen molar-refractivity contribution >= 4 is 6.03 Å². The van der Waals surface area contributed by atoms with Crippen molar-refractivity contribution in [3.63, 3.8) is 0 Å². The van der Waals surface area contributed by atoms with Crippen molar-refractivity contribution in [1.29, 1.82) is 0 Å². The van der Waals surface area contributed by atoms with Crippen LogP contribution in [0.1, 0.15) is 51.9 Å². The monoisotopic (exact) mass is 296 g/mol. The number of aliphatic hydroxyl groups excluding tert-OH is 1. The van der Waals surface area contributed by atoms with Gasteiger partial charge >= 0.3 is 6.03 Å². The van der Waals surface area contributed by atoms with Crippen LogP contribution in [0.2, 0.25) is 0 Å². The van der Waals surface area contributed by atoms with E-state index < -0.39 is 0 Å². The SMILES string of the molecule is CCO[C@@H]1C[C@@H](NC(=O)N[C@H](CCO)C2CC2)C12CCC2. The molecule has 3 atom stereocenters. The minimum absolute atomic E-state index is 0.0634. The summed E-state index contributed by atoms with van der Waals surface area (Å²) in [4.78, 5) is 12.2. The fraction of sp³-hybridized carbons (Fsp3) is 0.938. The Bertz CT molecular complexity index is 380. The molecule has 0 aromatic carbocycles. The van der Waals surface area contributed by atoms with Gasteiger partial charge in [0, 0.05) is 30.7 Å². The number of aliphatic hydroxyl groups is 1. The van der Waals surface area contributed by atoms with Crippen LogP contribution >= 0.6 is 0 Å². The van der Waals surface area contributed by atoms with Gasteiger partial charge in [-0.3, -0.25) is 0 Å². The van der Waals surface area contributed by atoms with Gasteiger partial charge in [-0.1, -0.05) is 6.42 Å². The molecular formula is C16H28N2O3. The Labute approximate surface area is 126 Å². The molecule has 5 nitrogen and oxygen atoms in total. The Balaban J connectivity index is 1.48. The van der Waals surface area contributed by atoms with Gasteiger partial charge in [0.15, 0.2) is 0 Å². The van der Waals surface area contributed by atoms with Crippen LogP contribution in [0, 0.1) is 11.3 Å². The topological polar surface area (TPSA) is 70.6 Å². The molecule has 0 unspecified atom stereocenters. The predicted molar refractivity (Wildman–Crippen MR) is 80.0 cm³/mol. The molecule has 3 rings (SSSR count). The van der Waals surface area contributed by atoms with Crippen LogP contribution in [-0.4, -0.2) is 42.5 Å². The van der Waals surface area contributed by atoms with E-state index in [2.05, 4.69) is 10.6 Å². The standard InChI is InChI=1S/C16H28N2O3/c1-2-21-14-10-13(16(14)7-3-8-16)18-15(20)17-12(6-9-19)11-4-5-11/h11-14,19H,2-10H2,1H3,(H2,17,18,20)/t12-,13-,14-/m1/s1. The number of urea groups is 1. The predicted octanol–water partition coefficient (Wildman–Crippen LogP) is 1.79. The zero-order valence-electron chi connectivity index (χ0n) is 12.9. The van der Waals surface area contributed by atoms with Crippen LogP contribution in [0.15, 0.2) is 0 Å². The third-order valence-electron chi connectivity index (χ3n) is 5.69. The van der Waals surface area contributed by atoms with Crippen molar-refractivity contribution in [2.45, 2.75) is 70.1 Å². The fourth-order valence-electron chi connectivity index (χ4n) is 4.07. The maximum absolute atomic E-state index is 12.2. The van der Waals surface area contributed by atoms with Crippen molar-refractivity contribution in [3.8, 4) is 0 Å². The minimum Gasteiger partial charge on any atom is -0.396 e. The Morgan fingerprint density at radius 2 is 2.19 bits per heavy atom. The van der Waals surface area contributed by atoms with Gasteiger partial charge in [0.1, 0.15) is 0 Å². The number of amides is 2. The van der Waals surface area contributed by atoms with Crippen molar-refractivity contribution in [1.82, 2.24) is 10.6 Å². The van der Waals surface area contributed by atoms with Gasteiger partial charge < -0.3 is 20.5 Å². The highest BCUT2D eigenvalue weighted by Crippen LogP contribution is 2.57. The van der Waals surface area contributed by atoms with Crippen LogP contribution in [-0.2, 0) is 4.74 Å². The Hall–Kier alpha value is -0.810. The largest absolute Gasteiger partial charge is 0.396 e. The highest BCUT2D eigenvalue weighted by Gasteiger charge is 2.59. The van der Waals surface area contributed by atoms with Gasteiger partial charge in [0.25, 0.3) is 0 Å². The van der Waals surface area contributed by atoms with Crippen LogP contribution in [0.25, 0.3) is 0 Å². The van der Waals surface area contributed by atoms with Crippen molar-refractivity contribution in [2.24, 2.45) is 11.3 Å².